The highest BCUT2D eigenvalue weighted by Gasteiger charge is 1.97. The number of hydrogen-bond acceptors (Lipinski definition) is 4. The van der Waals surface area contributed by atoms with Gasteiger partial charge in [-0.3, -0.25) is 4.21 Å². The third kappa shape index (κ3) is 4.02. The maximum absolute atomic E-state index is 11.1. The predicted molar refractivity (Wildman–Crippen MR) is 59.1 cm³/mol. The van der Waals surface area contributed by atoms with E-state index in [0.29, 0.717) is 29.0 Å². The zero-order valence-electron chi connectivity index (χ0n) is 7.86. The summed E-state index contributed by atoms with van der Waals surface area (Å²) >= 11 is 5.57. The molecule has 1 unspecified atom stereocenters. The van der Waals surface area contributed by atoms with E-state index in [9.17, 15) is 4.21 Å². The van der Waals surface area contributed by atoms with E-state index in [2.05, 4.69) is 15.5 Å². The minimum atomic E-state index is -0.742. The van der Waals surface area contributed by atoms with E-state index in [0.717, 1.165) is 0 Å². The molecule has 0 fully saturated rings. The van der Waals surface area contributed by atoms with E-state index in [-0.39, 0.29) is 0 Å². The van der Waals surface area contributed by atoms with E-state index < -0.39 is 10.8 Å². The number of rotatable bonds is 5. The van der Waals surface area contributed by atoms with Crippen LogP contribution in [0.15, 0.2) is 12.1 Å². The Morgan fingerprint density at radius 2 is 2.29 bits per heavy atom. The Labute approximate surface area is 90.5 Å². The summed E-state index contributed by atoms with van der Waals surface area (Å²) in [5.41, 5.74) is 0. The predicted octanol–water partition coefficient (Wildman–Crippen LogP) is 1.31. The molecular formula is C8H12ClN3OS. The molecule has 0 aliphatic heterocycles. The van der Waals surface area contributed by atoms with Crippen LogP contribution >= 0.6 is 11.6 Å². The van der Waals surface area contributed by atoms with Crippen LogP contribution in [0.1, 0.15) is 6.92 Å². The zero-order chi connectivity index (χ0) is 10.4. The maximum atomic E-state index is 11.1. The van der Waals surface area contributed by atoms with Gasteiger partial charge in [0.2, 0.25) is 0 Å². The van der Waals surface area contributed by atoms with E-state index in [1.165, 1.54) is 0 Å². The Morgan fingerprint density at radius 1 is 1.50 bits per heavy atom. The molecule has 0 amide bonds. The topological polar surface area (TPSA) is 54.9 Å². The van der Waals surface area contributed by atoms with Crippen LogP contribution in [0.4, 0.5) is 5.82 Å². The summed E-state index contributed by atoms with van der Waals surface area (Å²) in [6.07, 6.45) is 0. The molecule has 4 nitrogen and oxygen atoms in total. The van der Waals surface area contributed by atoms with Gasteiger partial charge in [-0.2, -0.15) is 0 Å². The highest BCUT2D eigenvalue weighted by atomic mass is 35.5. The van der Waals surface area contributed by atoms with Crippen LogP contribution in [0, 0.1) is 0 Å². The summed E-state index contributed by atoms with van der Waals surface area (Å²) in [7, 11) is -0.742. The summed E-state index contributed by atoms with van der Waals surface area (Å²) in [4.78, 5) is 0. The molecule has 0 saturated carbocycles. The Balaban J connectivity index is 2.31. The molecule has 0 aromatic carbocycles. The van der Waals surface area contributed by atoms with Crippen molar-refractivity contribution in [3.63, 3.8) is 0 Å². The van der Waals surface area contributed by atoms with Gasteiger partial charge in [0.05, 0.1) is 0 Å². The molecule has 1 aromatic heterocycles. The Hall–Kier alpha value is -0.680. The molecule has 0 aliphatic carbocycles. The quantitative estimate of drug-likeness (QED) is 0.833. The smallest absolute Gasteiger partial charge is 0.151 e. The minimum absolute atomic E-state index is 0.368. The molecule has 0 saturated heterocycles. The van der Waals surface area contributed by atoms with Gasteiger partial charge in [-0.1, -0.05) is 18.5 Å². The van der Waals surface area contributed by atoms with Crippen molar-refractivity contribution in [1.29, 1.82) is 0 Å². The van der Waals surface area contributed by atoms with Crippen LogP contribution in [0.5, 0.6) is 0 Å². The molecule has 0 radical (unpaired) electrons. The Bertz CT molecular complexity index is 304. The lowest BCUT2D eigenvalue weighted by molar-refractivity contribution is 0.684. The number of nitrogens with one attached hydrogen (secondary N) is 1. The van der Waals surface area contributed by atoms with Crippen molar-refractivity contribution in [1.82, 2.24) is 10.2 Å². The fraction of sp³-hybridized carbons (Fsp3) is 0.500. The van der Waals surface area contributed by atoms with Crippen LogP contribution in [0.3, 0.4) is 0 Å². The maximum Gasteiger partial charge on any atom is 0.151 e. The van der Waals surface area contributed by atoms with Crippen LogP contribution in [-0.4, -0.2) is 32.5 Å². The lowest BCUT2D eigenvalue weighted by atomic mass is 10.5. The monoisotopic (exact) mass is 233 g/mol. The van der Waals surface area contributed by atoms with Crippen molar-refractivity contribution in [2.24, 2.45) is 0 Å². The summed E-state index contributed by atoms with van der Waals surface area (Å²) in [6.45, 7) is 2.54. The Kier molecular flexibility index (Phi) is 4.82. The van der Waals surface area contributed by atoms with Gasteiger partial charge in [0, 0.05) is 28.9 Å². The van der Waals surface area contributed by atoms with Crippen LogP contribution < -0.4 is 5.32 Å². The van der Waals surface area contributed by atoms with E-state index in [4.69, 9.17) is 11.6 Å². The normalized spacial score (nSPS) is 12.4. The number of halogens is 1. The average Bonchev–Trinajstić information content (AvgIpc) is 2.21. The van der Waals surface area contributed by atoms with Gasteiger partial charge in [0.25, 0.3) is 0 Å². The van der Waals surface area contributed by atoms with Gasteiger partial charge in [-0.25, -0.2) is 0 Å². The lowest BCUT2D eigenvalue weighted by Crippen LogP contribution is -2.12. The number of nitrogens with zero attached hydrogens (tertiary/aromatic N) is 2. The minimum Gasteiger partial charge on any atom is -0.368 e. The van der Waals surface area contributed by atoms with Gasteiger partial charge in [-0.15, -0.1) is 10.2 Å². The second kappa shape index (κ2) is 5.93. The molecule has 0 spiro atoms. The molecule has 1 N–H and O–H groups in total. The number of aromatic nitrogens is 2. The second-order valence-electron chi connectivity index (χ2n) is 2.60. The fourth-order valence-corrected chi connectivity index (χ4v) is 1.57. The van der Waals surface area contributed by atoms with E-state index in [1.54, 1.807) is 12.1 Å². The molecule has 0 bridgehead atoms. The van der Waals surface area contributed by atoms with Crippen LogP contribution in [-0.2, 0) is 10.8 Å². The molecule has 78 valence electrons. The van der Waals surface area contributed by atoms with Gasteiger partial charge in [0.15, 0.2) is 5.15 Å². The molecule has 6 heteroatoms. The van der Waals surface area contributed by atoms with Crippen LogP contribution in [0.25, 0.3) is 0 Å². The Morgan fingerprint density at radius 3 is 2.86 bits per heavy atom. The largest absolute Gasteiger partial charge is 0.368 e. The fourth-order valence-electron chi connectivity index (χ4n) is 0.848. The molecule has 14 heavy (non-hydrogen) atoms. The van der Waals surface area contributed by atoms with Crippen molar-refractivity contribution >= 4 is 28.2 Å². The van der Waals surface area contributed by atoms with Gasteiger partial charge in [0.1, 0.15) is 5.82 Å². The lowest BCUT2D eigenvalue weighted by Gasteiger charge is -2.03. The SMILES string of the molecule is CCS(=O)CCNc1ccc(Cl)nn1. The molecule has 1 heterocycles. The average molecular weight is 234 g/mol. The third-order valence-electron chi connectivity index (χ3n) is 1.59. The summed E-state index contributed by atoms with van der Waals surface area (Å²) in [5.74, 6) is 1.97. The molecule has 0 aliphatic rings. The number of anilines is 1. The summed E-state index contributed by atoms with van der Waals surface area (Å²) in [5, 5.41) is 10.9. The van der Waals surface area contributed by atoms with Crippen molar-refractivity contribution in [2.75, 3.05) is 23.4 Å². The van der Waals surface area contributed by atoms with Crippen molar-refractivity contribution in [3.8, 4) is 0 Å². The van der Waals surface area contributed by atoms with Crippen molar-refractivity contribution in [2.45, 2.75) is 6.92 Å². The molecular weight excluding hydrogens is 222 g/mol. The second-order valence-corrected chi connectivity index (χ2v) is 4.85. The first-order valence-electron chi connectivity index (χ1n) is 4.30. The summed E-state index contributed by atoms with van der Waals surface area (Å²) in [6, 6.07) is 3.40. The standard InChI is InChI=1S/C8H12ClN3OS/c1-2-14(13)6-5-10-8-4-3-7(9)11-12-8/h3-4H,2,5-6H2,1H3,(H,10,12). The van der Waals surface area contributed by atoms with E-state index in [1.807, 2.05) is 6.92 Å². The van der Waals surface area contributed by atoms with Gasteiger partial charge in [-0.05, 0) is 12.1 Å². The third-order valence-corrected chi connectivity index (χ3v) is 3.09. The first-order valence-corrected chi connectivity index (χ1v) is 6.17. The van der Waals surface area contributed by atoms with Crippen molar-refractivity contribution in [3.05, 3.63) is 17.3 Å². The van der Waals surface area contributed by atoms with Crippen molar-refractivity contribution < 1.29 is 4.21 Å². The highest BCUT2D eigenvalue weighted by molar-refractivity contribution is 7.84. The van der Waals surface area contributed by atoms with Gasteiger partial charge >= 0.3 is 0 Å². The highest BCUT2D eigenvalue weighted by Crippen LogP contribution is 2.05. The van der Waals surface area contributed by atoms with Crippen LogP contribution in [0.2, 0.25) is 5.15 Å². The molecule has 1 rings (SSSR count). The molecule has 1 aromatic rings. The zero-order valence-corrected chi connectivity index (χ0v) is 9.44. The summed E-state index contributed by atoms with van der Waals surface area (Å²) < 4.78 is 11.1. The first kappa shape index (κ1) is 11.4. The first-order chi connectivity index (χ1) is 6.72. The molecule has 1 atom stereocenters. The van der Waals surface area contributed by atoms with Gasteiger partial charge < -0.3 is 5.32 Å². The number of hydrogen-bond donors (Lipinski definition) is 1. The van der Waals surface area contributed by atoms with E-state index >= 15 is 0 Å².